The monoisotopic (exact) mass is 564 g/mol. The molecule has 1 fully saturated rings. The molecule has 0 spiro atoms. The van der Waals surface area contributed by atoms with Crippen LogP contribution in [0.15, 0.2) is 96.2 Å². The number of carbonyl (C=O) groups is 3. The molecule has 0 bridgehead atoms. The fraction of sp³-hybridized carbons (Fsp3) is 0.324. The van der Waals surface area contributed by atoms with Gasteiger partial charge in [0.25, 0.3) is 5.91 Å². The summed E-state index contributed by atoms with van der Waals surface area (Å²) in [6.07, 6.45) is 5.68. The topological polar surface area (TPSA) is 91.0 Å². The normalized spacial score (nSPS) is 19.8. The van der Waals surface area contributed by atoms with E-state index >= 15 is 0 Å². The first-order chi connectivity index (χ1) is 20.5. The largest absolute Gasteiger partial charge is 0.457 e. The Balaban J connectivity index is 1.30. The van der Waals surface area contributed by atoms with Gasteiger partial charge in [-0.05, 0) is 48.2 Å². The molecule has 3 aromatic carbocycles. The Morgan fingerprint density at radius 3 is 2.36 bits per heavy atom. The molecule has 1 aliphatic carbocycles. The van der Waals surface area contributed by atoms with Gasteiger partial charge in [0.1, 0.15) is 17.5 Å². The van der Waals surface area contributed by atoms with Crippen LogP contribution in [0.2, 0.25) is 0 Å². The number of amides is 4. The quantitative estimate of drug-likeness (QED) is 0.387. The summed E-state index contributed by atoms with van der Waals surface area (Å²) < 4.78 is 6.04. The Morgan fingerprint density at radius 2 is 1.62 bits per heavy atom. The molecule has 3 aliphatic rings. The van der Waals surface area contributed by atoms with Crippen LogP contribution < -0.4 is 15.4 Å². The Labute approximate surface area is 246 Å². The highest BCUT2D eigenvalue weighted by molar-refractivity contribution is 6.03. The number of hydrogen-bond acceptors (Lipinski definition) is 4. The summed E-state index contributed by atoms with van der Waals surface area (Å²) >= 11 is 0. The zero-order chi connectivity index (χ0) is 29.1. The summed E-state index contributed by atoms with van der Waals surface area (Å²) in [7, 11) is 1.67. The van der Waals surface area contributed by atoms with Gasteiger partial charge in [-0.25, -0.2) is 4.79 Å². The third kappa shape index (κ3) is 5.75. The number of rotatable bonds is 8. The van der Waals surface area contributed by atoms with E-state index in [0.29, 0.717) is 29.2 Å². The molecule has 1 saturated carbocycles. The summed E-state index contributed by atoms with van der Waals surface area (Å²) in [5.41, 5.74) is 2.81. The number of likely N-dealkylation sites (N-methyl/N-ethyl adjacent to an activating group) is 1. The van der Waals surface area contributed by atoms with E-state index in [-0.39, 0.29) is 30.4 Å². The molecule has 2 heterocycles. The van der Waals surface area contributed by atoms with E-state index < -0.39 is 12.1 Å². The maximum absolute atomic E-state index is 14.3. The molecule has 8 heteroatoms. The number of para-hydroxylation sites is 1. The molecule has 2 N–H and O–H groups in total. The lowest BCUT2D eigenvalue weighted by Crippen LogP contribution is -2.52. The Hall–Kier alpha value is -4.59. The zero-order valence-electron chi connectivity index (χ0n) is 23.8. The van der Waals surface area contributed by atoms with Crippen LogP contribution in [0.3, 0.4) is 0 Å². The summed E-state index contributed by atoms with van der Waals surface area (Å²) in [5, 5.41) is 6.25. The average molecular weight is 565 g/mol. The maximum Gasteiger partial charge on any atom is 0.322 e. The highest BCUT2D eigenvalue weighted by Gasteiger charge is 2.46. The first-order valence-electron chi connectivity index (χ1n) is 14.7. The molecule has 3 aromatic rings. The first-order valence-corrected chi connectivity index (χ1v) is 14.7. The van der Waals surface area contributed by atoms with E-state index in [9.17, 15) is 14.4 Å². The van der Waals surface area contributed by atoms with Crippen molar-refractivity contribution < 1.29 is 19.1 Å². The van der Waals surface area contributed by atoms with Crippen LogP contribution >= 0.6 is 0 Å². The van der Waals surface area contributed by atoms with Crippen molar-refractivity contribution >= 4 is 17.8 Å². The van der Waals surface area contributed by atoms with Crippen molar-refractivity contribution in [2.24, 2.45) is 0 Å². The van der Waals surface area contributed by atoms with E-state index in [1.807, 2.05) is 84.9 Å². The Kier molecular flexibility index (Phi) is 7.95. The van der Waals surface area contributed by atoms with E-state index in [1.54, 1.807) is 11.9 Å². The van der Waals surface area contributed by atoms with Crippen LogP contribution in [-0.4, -0.2) is 53.3 Å². The van der Waals surface area contributed by atoms with Crippen molar-refractivity contribution in [3.8, 4) is 11.5 Å². The number of ether oxygens (including phenoxy) is 1. The molecule has 216 valence electrons. The number of hydrogen-bond donors (Lipinski definition) is 2. The SMILES string of the molecule is CN1C(=O)NC(c2cccc(Oc3ccccc3)c2)C2=C1CN(C(Cc1ccccc1)C(=O)NC1CCCCC1)C2=O. The van der Waals surface area contributed by atoms with Crippen molar-refractivity contribution in [3.05, 3.63) is 107 Å². The predicted octanol–water partition coefficient (Wildman–Crippen LogP) is 5.33. The molecule has 4 amide bonds. The molecule has 6 rings (SSSR count). The molecular weight excluding hydrogens is 528 g/mol. The van der Waals surface area contributed by atoms with Gasteiger partial charge in [0.2, 0.25) is 5.91 Å². The van der Waals surface area contributed by atoms with E-state index in [2.05, 4.69) is 10.6 Å². The zero-order valence-corrected chi connectivity index (χ0v) is 23.8. The molecule has 0 saturated heterocycles. The second-order valence-electron chi connectivity index (χ2n) is 11.3. The second-order valence-corrected chi connectivity index (χ2v) is 11.3. The minimum atomic E-state index is -0.704. The van der Waals surface area contributed by atoms with Crippen LogP contribution in [0.1, 0.15) is 49.3 Å². The third-order valence-electron chi connectivity index (χ3n) is 8.46. The lowest BCUT2D eigenvalue weighted by Gasteiger charge is -2.31. The van der Waals surface area contributed by atoms with Crippen molar-refractivity contribution in [1.82, 2.24) is 20.4 Å². The molecule has 8 nitrogen and oxygen atoms in total. The van der Waals surface area contributed by atoms with Crippen LogP contribution in [-0.2, 0) is 16.0 Å². The lowest BCUT2D eigenvalue weighted by atomic mass is 9.94. The van der Waals surface area contributed by atoms with Gasteiger partial charge in [-0.2, -0.15) is 0 Å². The molecule has 0 radical (unpaired) electrons. The molecular formula is C34H36N4O4. The van der Waals surface area contributed by atoms with E-state index in [0.717, 1.165) is 36.8 Å². The van der Waals surface area contributed by atoms with Gasteiger partial charge >= 0.3 is 6.03 Å². The van der Waals surface area contributed by atoms with Gasteiger partial charge in [-0.1, -0.05) is 79.9 Å². The summed E-state index contributed by atoms with van der Waals surface area (Å²) in [6, 6.07) is 25.1. The maximum atomic E-state index is 14.3. The van der Waals surface area contributed by atoms with Gasteiger partial charge in [0, 0.05) is 19.5 Å². The minimum absolute atomic E-state index is 0.121. The third-order valence-corrected chi connectivity index (χ3v) is 8.46. The molecule has 0 aromatic heterocycles. The standard InChI is InChI=1S/C34H36N4O4/c1-37-29-22-38(28(20-23-12-5-2-6-13-23)32(39)35-25-15-7-3-8-16-25)33(40)30(29)31(36-34(37)41)24-14-11-19-27(21-24)42-26-17-9-4-10-18-26/h2,4-6,9-14,17-19,21,25,28,31H,3,7-8,15-16,20,22H2,1H3,(H,35,39)(H,36,41). The first kappa shape index (κ1) is 27.6. The fourth-order valence-corrected chi connectivity index (χ4v) is 6.20. The lowest BCUT2D eigenvalue weighted by molar-refractivity contribution is -0.137. The number of urea groups is 1. The smallest absolute Gasteiger partial charge is 0.322 e. The Bertz CT molecular complexity index is 1480. The fourth-order valence-electron chi connectivity index (χ4n) is 6.20. The van der Waals surface area contributed by atoms with Crippen LogP contribution in [0.25, 0.3) is 0 Å². The average Bonchev–Trinajstić information content (AvgIpc) is 3.36. The van der Waals surface area contributed by atoms with Crippen molar-refractivity contribution in [3.63, 3.8) is 0 Å². The summed E-state index contributed by atoms with van der Waals surface area (Å²) in [6.45, 7) is 0.185. The molecule has 2 aliphatic heterocycles. The number of benzene rings is 3. The van der Waals surface area contributed by atoms with Gasteiger partial charge in [0.05, 0.1) is 23.9 Å². The van der Waals surface area contributed by atoms with Crippen LogP contribution in [0.4, 0.5) is 4.79 Å². The van der Waals surface area contributed by atoms with Crippen LogP contribution in [0.5, 0.6) is 11.5 Å². The highest BCUT2D eigenvalue weighted by Crippen LogP contribution is 2.38. The van der Waals surface area contributed by atoms with Gasteiger partial charge in [0.15, 0.2) is 0 Å². The molecule has 2 unspecified atom stereocenters. The van der Waals surface area contributed by atoms with Crippen molar-refractivity contribution in [2.75, 3.05) is 13.6 Å². The summed E-state index contributed by atoms with van der Waals surface area (Å²) in [5.74, 6) is 0.912. The number of nitrogens with zero attached hydrogens (tertiary/aromatic N) is 2. The van der Waals surface area contributed by atoms with Crippen molar-refractivity contribution in [1.29, 1.82) is 0 Å². The van der Waals surface area contributed by atoms with E-state index in [4.69, 9.17) is 4.74 Å². The number of nitrogens with one attached hydrogen (secondary N) is 2. The highest BCUT2D eigenvalue weighted by atomic mass is 16.5. The van der Waals surface area contributed by atoms with Gasteiger partial charge in [-0.15, -0.1) is 0 Å². The minimum Gasteiger partial charge on any atom is -0.457 e. The predicted molar refractivity (Wildman–Crippen MR) is 160 cm³/mol. The van der Waals surface area contributed by atoms with Gasteiger partial charge < -0.3 is 20.3 Å². The Morgan fingerprint density at radius 1 is 0.929 bits per heavy atom. The van der Waals surface area contributed by atoms with Crippen molar-refractivity contribution in [2.45, 2.75) is 56.7 Å². The van der Waals surface area contributed by atoms with Gasteiger partial charge in [-0.3, -0.25) is 14.5 Å². The summed E-state index contributed by atoms with van der Waals surface area (Å²) in [4.78, 5) is 44.3. The second kappa shape index (κ2) is 12.1. The van der Waals surface area contributed by atoms with Crippen LogP contribution in [0, 0.1) is 0 Å². The molecule has 42 heavy (non-hydrogen) atoms. The van der Waals surface area contributed by atoms with E-state index in [1.165, 1.54) is 11.3 Å². The molecule has 2 atom stereocenters. The number of carbonyl (C=O) groups excluding carboxylic acids is 3.